The van der Waals surface area contributed by atoms with Crippen molar-refractivity contribution in [3.8, 4) is 0 Å². The second-order valence-electron chi connectivity index (χ2n) is 3.86. The van der Waals surface area contributed by atoms with Crippen LogP contribution in [-0.4, -0.2) is 30.1 Å². The van der Waals surface area contributed by atoms with Crippen molar-refractivity contribution in [1.29, 1.82) is 0 Å². The van der Waals surface area contributed by atoms with E-state index in [2.05, 4.69) is 32.6 Å². The van der Waals surface area contributed by atoms with Crippen molar-refractivity contribution in [2.75, 3.05) is 19.6 Å². The molecule has 2 nitrogen and oxygen atoms in total. The molecule has 0 aliphatic heterocycles. The van der Waals surface area contributed by atoms with Crippen molar-refractivity contribution in [3.05, 3.63) is 0 Å². The Labute approximate surface area is 70.8 Å². The quantitative estimate of drug-likeness (QED) is 0.656. The second kappa shape index (κ2) is 4.73. The van der Waals surface area contributed by atoms with Gasteiger partial charge in [0.15, 0.2) is 0 Å². The van der Waals surface area contributed by atoms with E-state index in [1.54, 1.807) is 0 Å². The summed E-state index contributed by atoms with van der Waals surface area (Å²) in [4.78, 5) is 2.39. The highest BCUT2D eigenvalue weighted by molar-refractivity contribution is 4.76. The van der Waals surface area contributed by atoms with Gasteiger partial charge < -0.3 is 10.6 Å². The first-order valence-corrected chi connectivity index (χ1v) is 4.51. The van der Waals surface area contributed by atoms with E-state index in [9.17, 15) is 0 Å². The lowest BCUT2D eigenvalue weighted by Gasteiger charge is -2.28. The van der Waals surface area contributed by atoms with Crippen LogP contribution in [0.15, 0.2) is 0 Å². The lowest BCUT2D eigenvalue weighted by atomic mass is 10.1. The Morgan fingerprint density at radius 1 is 1.27 bits per heavy atom. The molecule has 2 heteroatoms. The molecule has 2 N–H and O–H groups in total. The Balaban J connectivity index is 3.68. The van der Waals surface area contributed by atoms with Crippen molar-refractivity contribution in [2.24, 2.45) is 5.73 Å². The van der Waals surface area contributed by atoms with Crippen LogP contribution >= 0.6 is 0 Å². The molecule has 0 spiro atoms. The standard InChI is InChI=1S/C9H22N2/c1-5-7-11(6-2)8-9(3,4)10/h5-8,10H2,1-4H3. The van der Waals surface area contributed by atoms with Crippen LogP contribution in [0.4, 0.5) is 0 Å². The fourth-order valence-electron chi connectivity index (χ4n) is 1.24. The summed E-state index contributed by atoms with van der Waals surface area (Å²) in [5.41, 5.74) is 5.85. The molecule has 0 saturated heterocycles. The van der Waals surface area contributed by atoms with Crippen LogP contribution in [0.1, 0.15) is 34.1 Å². The highest BCUT2D eigenvalue weighted by Crippen LogP contribution is 2.01. The van der Waals surface area contributed by atoms with Crippen molar-refractivity contribution in [1.82, 2.24) is 4.90 Å². The summed E-state index contributed by atoms with van der Waals surface area (Å²) < 4.78 is 0. The molecule has 0 aromatic carbocycles. The summed E-state index contributed by atoms with van der Waals surface area (Å²) in [5.74, 6) is 0. The average molecular weight is 158 g/mol. The van der Waals surface area contributed by atoms with Gasteiger partial charge >= 0.3 is 0 Å². The van der Waals surface area contributed by atoms with Crippen LogP contribution < -0.4 is 5.73 Å². The topological polar surface area (TPSA) is 29.3 Å². The third kappa shape index (κ3) is 6.32. The van der Waals surface area contributed by atoms with Gasteiger partial charge in [-0.1, -0.05) is 13.8 Å². The molecule has 0 radical (unpaired) electrons. The van der Waals surface area contributed by atoms with Crippen LogP contribution in [0.5, 0.6) is 0 Å². The van der Waals surface area contributed by atoms with Gasteiger partial charge in [0.25, 0.3) is 0 Å². The average Bonchev–Trinajstić information content (AvgIpc) is 1.84. The number of likely N-dealkylation sites (N-methyl/N-ethyl adjacent to an activating group) is 1. The molecule has 0 rings (SSSR count). The fourth-order valence-corrected chi connectivity index (χ4v) is 1.24. The van der Waals surface area contributed by atoms with Crippen molar-refractivity contribution in [3.63, 3.8) is 0 Å². The summed E-state index contributed by atoms with van der Waals surface area (Å²) in [7, 11) is 0. The first-order chi connectivity index (χ1) is 4.99. The van der Waals surface area contributed by atoms with Gasteiger partial charge in [-0.2, -0.15) is 0 Å². The molecular formula is C9H22N2. The van der Waals surface area contributed by atoms with E-state index in [1.807, 2.05) is 0 Å². The molecule has 0 bridgehead atoms. The zero-order valence-corrected chi connectivity index (χ0v) is 8.35. The van der Waals surface area contributed by atoms with Gasteiger partial charge in [-0.3, -0.25) is 0 Å². The zero-order chi connectivity index (χ0) is 8.91. The predicted molar refractivity (Wildman–Crippen MR) is 50.7 cm³/mol. The Bertz CT molecular complexity index is 94.2. The maximum absolute atomic E-state index is 5.90. The minimum atomic E-state index is -0.0504. The van der Waals surface area contributed by atoms with Crippen LogP contribution in [0.25, 0.3) is 0 Å². The highest BCUT2D eigenvalue weighted by Gasteiger charge is 2.14. The van der Waals surface area contributed by atoms with Gasteiger partial charge in [0.05, 0.1) is 0 Å². The smallest absolute Gasteiger partial charge is 0.0226 e. The maximum atomic E-state index is 5.90. The largest absolute Gasteiger partial charge is 0.324 e. The summed E-state index contributed by atoms with van der Waals surface area (Å²) in [6.45, 7) is 11.8. The van der Waals surface area contributed by atoms with Gasteiger partial charge in [-0.25, -0.2) is 0 Å². The number of hydrogen-bond acceptors (Lipinski definition) is 2. The minimum Gasteiger partial charge on any atom is -0.324 e. The van der Waals surface area contributed by atoms with E-state index in [4.69, 9.17) is 5.73 Å². The molecule has 11 heavy (non-hydrogen) atoms. The molecule has 0 amide bonds. The number of nitrogens with zero attached hydrogens (tertiary/aromatic N) is 1. The predicted octanol–water partition coefficient (Wildman–Crippen LogP) is 1.46. The first kappa shape index (κ1) is 10.9. The van der Waals surface area contributed by atoms with Crippen LogP contribution in [0.3, 0.4) is 0 Å². The fraction of sp³-hybridized carbons (Fsp3) is 1.00. The van der Waals surface area contributed by atoms with Gasteiger partial charge in [0, 0.05) is 12.1 Å². The molecule has 0 fully saturated rings. The molecule has 0 aromatic heterocycles. The second-order valence-corrected chi connectivity index (χ2v) is 3.86. The van der Waals surface area contributed by atoms with Gasteiger partial charge in [0.2, 0.25) is 0 Å². The Morgan fingerprint density at radius 3 is 2.09 bits per heavy atom. The number of nitrogens with two attached hydrogens (primary N) is 1. The molecule has 0 saturated carbocycles. The van der Waals surface area contributed by atoms with Gasteiger partial charge in [-0.05, 0) is 33.4 Å². The number of rotatable bonds is 5. The van der Waals surface area contributed by atoms with E-state index in [-0.39, 0.29) is 5.54 Å². The third-order valence-corrected chi connectivity index (χ3v) is 1.62. The van der Waals surface area contributed by atoms with Crippen LogP contribution in [-0.2, 0) is 0 Å². The maximum Gasteiger partial charge on any atom is 0.0226 e. The zero-order valence-electron chi connectivity index (χ0n) is 8.35. The third-order valence-electron chi connectivity index (χ3n) is 1.62. The van der Waals surface area contributed by atoms with Gasteiger partial charge in [-0.15, -0.1) is 0 Å². The number of hydrogen-bond donors (Lipinski definition) is 1. The minimum absolute atomic E-state index is 0.0504. The summed E-state index contributed by atoms with van der Waals surface area (Å²) in [6.07, 6.45) is 1.21. The van der Waals surface area contributed by atoms with E-state index in [1.165, 1.54) is 6.42 Å². The molecule has 0 aliphatic rings. The van der Waals surface area contributed by atoms with Crippen molar-refractivity contribution >= 4 is 0 Å². The monoisotopic (exact) mass is 158 g/mol. The molecule has 68 valence electrons. The Morgan fingerprint density at radius 2 is 1.82 bits per heavy atom. The highest BCUT2D eigenvalue weighted by atomic mass is 15.1. The summed E-state index contributed by atoms with van der Waals surface area (Å²) in [5, 5.41) is 0. The van der Waals surface area contributed by atoms with E-state index < -0.39 is 0 Å². The molecule has 0 heterocycles. The molecule has 0 aromatic rings. The van der Waals surface area contributed by atoms with E-state index >= 15 is 0 Å². The molecular weight excluding hydrogens is 136 g/mol. The van der Waals surface area contributed by atoms with E-state index in [0.29, 0.717) is 0 Å². The molecule has 0 aliphatic carbocycles. The summed E-state index contributed by atoms with van der Waals surface area (Å²) in [6, 6.07) is 0. The Hall–Kier alpha value is -0.0800. The van der Waals surface area contributed by atoms with Crippen LogP contribution in [0.2, 0.25) is 0 Å². The normalized spacial score (nSPS) is 12.5. The Kier molecular flexibility index (Phi) is 4.69. The van der Waals surface area contributed by atoms with Gasteiger partial charge in [0.1, 0.15) is 0 Å². The van der Waals surface area contributed by atoms with Crippen molar-refractivity contribution in [2.45, 2.75) is 39.7 Å². The molecule has 0 unspecified atom stereocenters. The van der Waals surface area contributed by atoms with Crippen LogP contribution in [0, 0.1) is 0 Å². The van der Waals surface area contributed by atoms with Crippen molar-refractivity contribution < 1.29 is 0 Å². The summed E-state index contributed by atoms with van der Waals surface area (Å²) >= 11 is 0. The lowest BCUT2D eigenvalue weighted by Crippen LogP contribution is -2.45. The van der Waals surface area contributed by atoms with E-state index in [0.717, 1.165) is 19.6 Å². The first-order valence-electron chi connectivity index (χ1n) is 4.51. The molecule has 0 atom stereocenters. The SMILES string of the molecule is CCCN(CC)CC(C)(C)N. The lowest BCUT2D eigenvalue weighted by molar-refractivity contribution is 0.236.